The summed E-state index contributed by atoms with van der Waals surface area (Å²) in [5, 5.41) is 0. The van der Waals surface area contributed by atoms with Gasteiger partial charge in [0.05, 0.1) is 7.11 Å². The van der Waals surface area contributed by atoms with Crippen LogP contribution in [0.1, 0.15) is 24.5 Å². The summed E-state index contributed by atoms with van der Waals surface area (Å²) in [7, 11) is 1.45. The van der Waals surface area contributed by atoms with Crippen LogP contribution >= 0.6 is 0 Å². The minimum absolute atomic E-state index is 0.0253. The highest BCUT2D eigenvalue weighted by molar-refractivity contribution is 5.77. The molecule has 1 N–H and O–H groups in total. The average Bonchev–Trinajstić information content (AvgIpc) is 2.28. The summed E-state index contributed by atoms with van der Waals surface area (Å²) >= 11 is 0. The van der Waals surface area contributed by atoms with Crippen molar-refractivity contribution in [2.45, 2.75) is 26.7 Å². The van der Waals surface area contributed by atoms with Crippen LogP contribution in [0.25, 0.3) is 0 Å². The first-order chi connectivity index (χ1) is 7.67. The molecule has 0 aliphatic rings. The van der Waals surface area contributed by atoms with Crippen LogP contribution in [0.15, 0.2) is 24.3 Å². The molecule has 0 radical (unpaired) electrons. The summed E-state index contributed by atoms with van der Waals surface area (Å²) in [6.45, 7) is 4.06. The van der Waals surface area contributed by atoms with E-state index in [-0.39, 0.29) is 11.8 Å². The molecule has 1 aromatic rings. The van der Waals surface area contributed by atoms with E-state index in [4.69, 9.17) is 0 Å². The summed E-state index contributed by atoms with van der Waals surface area (Å²) in [5.41, 5.74) is 4.81. The molecule has 1 unspecified atom stereocenters. The molecule has 88 valence electrons. The molecule has 16 heavy (non-hydrogen) atoms. The molecular weight excluding hydrogens is 202 g/mol. The molecular formula is C13H19NO2. The van der Waals surface area contributed by atoms with Gasteiger partial charge in [0.15, 0.2) is 0 Å². The van der Waals surface area contributed by atoms with Crippen molar-refractivity contribution >= 4 is 5.91 Å². The Morgan fingerprint density at radius 3 is 2.50 bits per heavy atom. The van der Waals surface area contributed by atoms with E-state index in [2.05, 4.69) is 41.5 Å². The van der Waals surface area contributed by atoms with Crippen molar-refractivity contribution in [3.05, 3.63) is 35.4 Å². The fourth-order valence-electron chi connectivity index (χ4n) is 1.62. The Hall–Kier alpha value is -1.35. The van der Waals surface area contributed by atoms with Crippen molar-refractivity contribution in [2.24, 2.45) is 5.92 Å². The van der Waals surface area contributed by atoms with Gasteiger partial charge in [0.25, 0.3) is 0 Å². The van der Waals surface area contributed by atoms with Crippen molar-refractivity contribution in [1.82, 2.24) is 5.48 Å². The quantitative estimate of drug-likeness (QED) is 0.774. The molecule has 0 aromatic heterocycles. The first-order valence-electron chi connectivity index (χ1n) is 5.55. The Morgan fingerprint density at radius 2 is 2.00 bits per heavy atom. The van der Waals surface area contributed by atoms with Crippen LogP contribution in [0.5, 0.6) is 0 Å². The predicted octanol–water partition coefficient (Wildman–Crippen LogP) is 2.24. The molecule has 0 aliphatic carbocycles. The largest absolute Gasteiger partial charge is 0.277 e. The highest BCUT2D eigenvalue weighted by Crippen LogP contribution is 2.13. The maximum atomic E-state index is 11.6. The van der Waals surface area contributed by atoms with Crippen molar-refractivity contribution < 1.29 is 9.63 Å². The van der Waals surface area contributed by atoms with E-state index in [0.717, 1.165) is 12.8 Å². The first kappa shape index (κ1) is 12.7. The summed E-state index contributed by atoms with van der Waals surface area (Å²) in [6.07, 6.45) is 1.56. The average molecular weight is 221 g/mol. The second kappa shape index (κ2) is 6.28. The van der Waals surface area contributed by atoms with Gasteiger partial charge in [0.2, 0.25) is 5.91 Å². The van der Waals surface area contributed by atoms with Crippen LogP contribution in [0.4, 0.5) is 0 Å². The third-order valence-corrected chi connectivity index (χ3v) is 2.67. The van der Waals surface area contributed by atoms with Gasteiger partial charge < -0.3 is 0 Å². The number of carbonyl (C=O) groups is 1. The maximum absolute atomic E-state index is 11.6. The normalized spacial score (nSPS) is 12.2. The lowest BCUT2D eigenvalue weighted by atomic mass is 9.96. The third-order valence-electron chi connectivity index (χ3n) is 2.67. The molecule has 0 saturated carbocycles. The van der Waals surface area contributed by atoms with Crippen LogP contribution in [0, 0.1) is 12.8 Å². The smallest absolute Gasteiger partial charge is 0.246 e. The van der Waals surface area contributed by atoms with Crippen LogP contribution in [-0.4, -0.2) is 13.0 Å². The number of amides is 1. The Labute approximate surface area is 96.8 Å². The van der Waals surface area contributed by atoms with E-state index in [1.54, 1.807) is 0 Å². The molecule has 3 heteroatoms. The Morgan fingerprint density at radius 1 is 1.38 bits per heavy atom. The van der Waals surface area contributed by atoms with Crippen LogP contribution < -0.4 is 5.48 Å². The van der Waals surface area contributed by atoms with Gasteiger partial charge in [0, 0.05) is 5.92 Å². The maximum Gasteiger partial charge on any atom is 0.246 e. The number of carbonyl (C=O) groups excluding carboxylic acids is 1. The van der Waals surface area contributed by atoms with Crippen molar-refractivity contribution in [3.8, 4) is 0 Å². The number of nitrogens with one attached hydrogen (secondary N) is 1. The fraction of sp³-hybridized carbons (Fsp3) is 0.462. The number of hydroxylamine groups is 1. The van der Waals surface area contributed by atoms with E-state index < -0.39 is 0 Å². The Bertz CT molecular complexity index is 332. The number of hydrogen-bond donors (Lipinski definition) is 1. The zero-order chi connectivity index (χ0) is 12.0. The molecule has 0 saturated heterocycles. The van der Waals surface area contributed by atoms with Gasteiger partial charge >= 0.3 is 0 Å². The van der Waals surface area contributed by atoms with Crippen molar-refractivity contribution in [2.75, 3.05) is 7.11 Å². The minimum Gasteiger partial charge on any atom is -0.277 e. The molecule has 0 heterocycles. The Kier molecular flexibility index (Phi) is 4.99. The molecule has 1 amide bonds. The summed E-state index contributed by atoms with van der Waals surface area (Å²) < 4.78 is 0. The number of benzene rings is 1. The minimum atomic E-state index is -0.0504. The highest BCUT2D eigenvalue weighted by Gasteiger charge is 2.16. The summed E-state index contributed by atoms with van der Waals surface area (Å²) in [4.78, 5) is 16.3. The standard InChI is InChI=1S/C13H19NO2/c1-4-12(13(15)14-16-3)9-11-7-5-10(2)6-8-11/h5-8,12H,4,9H2,1-3H3,(H,14,15). The second-order valence-electron chi connectivity index (χ2n) is 3.97. The Balaban J connectivity index is 2.62. The first-order valence-corrected chi connectivity index (χ1v) is 5.55. The predicted molar refractivity (Wildman–Crippen MR) is 63.8 cm³/mol. The molecule has 1 rings (SSSR count). The zero-order valence-electron chi connectivity index (χ0n) is 10.1. The van der Waals surface area contributed by atoms with Gasteiger partial charge in [-0.15, -0.1) is 0 Å². The van der Waals surface area contributed by atoms with E-state index in [0.29, 0.717) is 0 Å². The second-order valence-corrected chi connectivity index (χ2v) is 3.97. The molecule has 1 aromatic carbocycles. The van der Waals surface area contributed by atoms with E-state index in [9.17, 15) is 4.79 Å². The van der Waals surface area contributed by atoms with Crippen molar-refractivity contribution in [1.29, 1.82) is 0 Å². The van der Waals surface area contributed by atoms with Crippen LogP contribution in [0.2, 0.25) is 0 Å². The van der Waals surface area contributed by atoms with Gasteiger partial charge in [-0.2, -0.15) is 0 Å². The molecule has 1 atom stereocenters. The lowest BCUT2D eigenvalue weighted by Crippen LogP contribution is -2.30. The molecule has 0 bridgehead atoms. The van der Waals surface area contributed by atoms with Crippen molar-refractivity contribution in [3.63, 3.8) is 0 Å². The SMILES string of the molecule is CCC(Cc1ccc(C)cc1)C(=O)NOC. The molecule has 3 nitrogen and oxygen atoms in total. The number of aryl methyl sites for hydroxylation is 1. The fourth-order valence-corrected chi connectivity index (χ4v) is 1.62. The molecule has 0 spiro atoms. The van der Waals surface area contributed by atoms with Gasteiger partial charge in [-0.1, -0.05) is 36.8 Å². The van der Waals surface area contributed by atoms with Gasteiger partial charge in [-0.05, 0) is 25.3 Å². The summed E-state index contributed by atoms with van der Waals surface area (Å²) in [6, 6.07) is 8.27. The number of rotatable bonds is 5. The third kappa shape index (κ3) is 3.66. The van der Waals surface area contributed by atoms with E-state index in [1.807, 2.05) is 6.92 Å². The highest BCUT2D eigenvalue weighted by atomic mass is 16.6. The zero-order valence-corrected chi connectivity index (χ0v) is 10.1. The topological polar surface area (TPSA) is 38.3 Å². The van der Waals surface area contributed by atoms with Gasteiger partial charge in [-0.3, -0.25) is 9.63 Å². The van der Waals surface area contributed by atoms with Crippen LogP contribution in [0.3, 0.4) is 0 Å². The van der Waals surface area contributed by atoms with Gasteiger partial charge in [0.1, 0.15) is 0 Å². The number of hydrogen-bond acceptors (Lipinski definition) is 2. The van der Waals surface area contributed by atoms with E-state index in [1.165, 1.54) is 18.2 Å². The summed E-state index contributed by atoms with van der Waals surface area (Å²) in [5.74, 6) is -0.0757. The molecule has 0 aliphatic heterocycles. The lowest BCUT2D eigenvalue weighted by molar-refractivity contribution is -0.135. The van der Waals surface area contributed by atoms with E-state index >= 15 is 0 Å². The molecule has 0 fully saturated rings. The monoisotopic (exact) mass is 221 g/mol. The van der Waals surface area contributed by atoms with Crippen LogP contribution in [-0.2, 0) is 16.1 Å². The van der Waals surface area contributed by atoms with Gasteiger partial charge in [-0.25, -0.2) is 5.48 Å². The lowest BCUT2D eigenvalue weighted by Gasteiger charge is -2.13.